The highest BCUT2D eigenvalue weighted by Gasteiger charge is 2.15. The van der Waals surface area contributed by atoms with Crippen molar-refractivity contribution >= 4 is 17.6 Å². The summed E-state index contributed by atoms with van der Waals surface area (Å²) in [6.07, 6.45) is 6.33. The predicted octanol–water partition coefficient (Wildman–Crippen LogP) is 3.06. The number of benzene rings is 1. The van der Waals surface area contributed by atoms with E-state index in [0.717, 1.165) is 35.0 Å². The van der Waals surface area contributed by atoms with Crippen molar-refractivity contribution in [2.75, 3.05) is 17.2 Å². The van der Waals surface area contributed by atoms with Gasteiger partial charge < -0.3 is 5.73 Å². The van der Waals surface area contributed by atoms with Crippen LogP contribution < -0.4 is 5.73 Å². The zero-order valence-corrected chi connectivity index (χ0v) is 12.5. The molecule has 20 heavy (non-hydrogen) atoms. The first-order chi connectivity index (χ1) is 9.77. The maximum absolute atomic E-state index is 6.21. The predicted molar refractivity (Wildman–Crippen MR) is 87.6 cm³/mol. The van der Waals surface area contributed by atoms with E-state index in [4.69, 9.17) is 17.1 Å². The lowest BCUT2D eigenvalue weighted by Gasteiger charge is -2.05. The van der Waals surface area contributed by atoms with Crippen LogP contribution in [0.1, 0.15) is 12.6 Å². The summed E-state index contributed by atoms with van der Waals surface area (Å²) in [6.45, 7) is 2.60. The number of anilines is 1. The average Bonchev–Trinajstić information content (AvgIpc) is 2.78. The van der Waals surface area contributed by atoms with E-state index >= 15 is 0 Å². The molecule has 0 aliphatic carbocycles. The summed E-state index contributed by atoms with van der Waals surface area (Å²) in [5.41, 5.74) is 8.20. The number of nitrogens with two attached hydrogens (primary N) is 1. The molecular weight excluding hydrogens is 266 g/mol. The van der Waals surface area contributed by atoms with Gasteiger partial charge in [0.2, 0.25) is 0 Å². The molecule has 0 saturated heterocycles. The summed E-state index contributed by atoms with van der Waals surface area (Å²) in [5, 5.41) is 0. The Morgan fingerprint density at radius 1 is 1.35 bits per heavy atom. The van der Waals surface area contributed by atoms with Crippen LogP contribution in [0.5, 0.6) is 0 Å². The second kappa shape index (κ2) is 7.06. The summed E-state index contributed by atoms with van der Waals surface area (Å²) in [5.74, 6) is 6.34. The van der Waals surface area contributed by atoms with Crippen molar-refractivity contribution in [1.29, 1.82) is 0 Å². The zero-order chi connectivity index (χ0) is 14.4. The number of thioether (sulfide) groups is 1. The first-order valence-electron chi connectivity index (χ1n) is 6.69. The molecule has 0 aliphatic heterocycles. The highest BCUT2D eigenvalue weighted by molar-refractivity contribution is 7.99. The molecule has 3 nitrogen and oxygen atoms in total. The van der Waals surface area contributed by atoms with Gasteiger partial charge in [0.05, 0.1) is 12.2 Å². The van der Waals surface area contributed by atoms with E-state index in [1.807, 2.05) is 46.7 Å². The highest BCUT2D eigenvalue weighted by Crippen LogP contribution is 2.25. The van der Waals surface area contributed by atoms with E-state index in [0.29, 0.717) is 12.4 Å². The van der Waals surface area contributed by atoms with Crippen LogP contribution in [0.15, 0.2) is 30.3 Å². The number of hydrogen-bond donors (Lipinski definition) is 1. The number of rotatable bonds is 6. The highest BCUT2D eigenvalue weighted by atomic mass is 32.2. The fourth-order valence-electron chi connectivity index (χ4n) is 2.07. The summed E-state index contributed by atoms with van der Waals surface area (Å²) >= 11 is 1.89. The van der Waals surface area contributed by atoms with Crippen molar-refractivity contribution in [1.82, 2.24) is 9.55 Å². The number of aromatic nitrogens is 2. The minimum Gasteiger partial charge on any atom is -0.384 e. The molecule has 2 rings (SSSR count). The molecule has 0 unspecified atom stereocenters. The number of nitrogen functional groups attached to an aromatic ring is 1. The molecule has 4 heteroatoms. The Balaban J connectivity index is 2.35. The van der Waals surface area contributed by atoms with Crippen LogP contribution in [0.3, 0.4) is 0 Å². The summed E-state index contributed by atoms with van der Waals surface area (Å²) in [7, 11) is 0. The maximum Gasteiger partial charge on any atom is 0.142 e. The first kappa shape index (κ1) is 14.5. The Labute approximate surface area is 124 Å². The number of terminal acetylenes is 1. The smallest absolute Gasteiger partial charge is 0.142 e. The number of imidazole rings is 1. The average molecular weight is 285 g/mol. The molecule has 0 bridgehead atoms. The van der Waals surface area contributed by atoms with Gasteiger partial charge in [0.15, 0.2) is 0 Å². The van der Waals surface area contributed by atoms with Crippen LogP contribution in [0.2, 0.25) is 0 Å². The molecule has 1 heterocycles. The van der Waals surface area contributed by atoms with Crippen molar-refractivity contribution in [3.05, 3.63) is 36.0 Å². The molecule has 0 radical (unpaired) electrons. The number of aryl methyl sites for hydroxylation is 1. The van der Waals surface area contributed by atoms with Crippen molar-refractivity contribution in [3.8, 4) is 23.7 Å². The van der Waals surface area contributed by atoms with Gasteiger partial charge >= 0.3 is 0 Å². The van der Waals surface area contributed by atoms with Gasteiger partial charge in [-0.15, -0.1) is 6.42 Å². The Morgan fingerprint density at radius 3 is 2.75 bits per heavy atom. The fraction of sp³-hybridized carbons (Fsp3) is 0.312. The molecule has 2 aromatic rings. The molecule has 0 spiro atoms. The Hall–Kier alpha value is -1.86. The molecular formula is C16H19N3S. The van der Waals surface area contributed by atoms with Gasteiger partial charge in [-0.1, -0.05) is 43.2 Å². The van der Waals surface area contributed by atoms with Gasteiger partial charge in [-0.3, -0.25) is 4.57 Å². The van der Waals surface area contributed by atoms with Crippen LogP contribution in [0.4, 0.5) is 5.82 Å². The van der Waals surface area contributed by atoms with Gasteiger partial charge in [-0.25, -0.2) is 4.98 Å². The molecule has 0 fully saturated rings. The van der Waals surface area contributed by atoms with Gasteiger partial charge in [-0.05, 0) is 11.5 Å². The Morgan fingerprint density at radius 2 is 2.10 bits per heavy atom. The Bertz CT molecular complexity index is 596. The SMILES string of the molecule is C#CCn1c(-c2ccccc2)nc(CCSCC)c1N. The van der Waals surface area contributed by atoms with E-state index in [2.05, 4.69) is 12.8 Å². The lowest BCUT2D eigenvalue weighted by Crippen LogP contribution is -2.04. The van der Waals surface area contributed by atoms with E-state index in [1.54, 1.807) is 0 Å². The number of nitrogens with zero attached hydrogens (tertiary/aromatic N) is 2. The van der Waals surface area contributed by atoms with Crippen LogP contribution >= 0.6 is 11.8 Å². The third kappa shape index (κ3) is 3.17. The van der Waals surface area contributed by atoms with Crippen LogP contribution in [-0.4, -0.2) is 21.1 Å². The largest absolute Gasteiger partial charge is 0.384 e. The quantitative estimate of drug-likeness (QED) is 0.655. The summed E-state index contributed by atoms with van der Waals surface area (Å²) in [4.78, 5) is 4.70. The van der Waals surface area contributed by atoms with Crippen LogP contribution in [0.25, 0.3) is 11.4 Å². The Kier molecular flexibility index (Phi) is 5.14. The monoisotopic (exact) mass is 285 g/mol. The van der Waals surface area contributed by atoms with E-state index < -0.39 is 0 Å². The minimum atomic E-state index is 0.448. The van der Waals surface area contributed by atoms with Crippen LogP contribution in [-0.2, 0) is 13.0 Å². The molecule has 0 atom stereocenters. The fourth-order valence-corrected chi connectivity index (χ4v) is 2.70. The third-order valence-electron chi connectivity index (χ3n) is 3.05. The number of hydrogen-bond acceptors (Lipinski definition) is 3. The minimum absolute atomic E-state index is 0.448. The van der Waals surface area contributed by atoms with Gasteiger partial charge in [-0.2, -0.15) is 11.8 Å². The van der Waals surface area contributed by atoms with Crippen molar-refractivity contribution in [2.24, 2.45) is 0 Å². The van der Waals surface area contributed by atoms with Gasteiger partial charge in [0.25, 0.3) is 0 Å². The molecule has 1 aromatic heterocycles. The van der Waals surface area contributed by atoms with E-state index in [-0.39, 0.29) is 0 Å². The molecule has 104 valence electrons. The van der Waals surface area contributed by atoms with Crippen molar-refractivity contribution in [3.63, 3.8) is 0 Å². The zero-order valence-electron chi connectivity index (χ0n) is 11.7. The second-order valence-electron chi connectivity index (χ2n) is 4.37. The molecule has 1 aromatic carbocycles. The van der Waals surface area contributed by atoms with Crippen molar-refractivity contribution in [2.45, 2.75) is 19.9 Å². The normalized spacial score (nSPS) is 10.4. The molecule has 0 amide bonds. The molecule has 0 aliphatic rings. The first-order valence-corrected chi connectivity index (χ1v) is 7.84. The molecule has 0 saturated carbocycles. The topological polar surface area (TPSA) is 43.8 Å². The lowest BCUT2D eigenvalue weighted by atomic mass is 10.2. The van der Waals surface area contributed by atoms with E-state index in [1.165, 1.54) is 0 Å². The second-order valence-corrected chi connectivity index (χ2v) is 5.76. The summed E-state index contributed by atoms with van der Waals surface area (Å²) < 4.78 is 1.92. The van der Waals surface area contributed by atoms with E-state index in [9.17, 15) is 0 Å². The van der Waals surface area contributed by atoms with Gasteiger partial charge in [0, 0.05) is 12.0 Å². The maximum atomic E-state index is 6.21. The molecule has 2 N–H and O–H groups in total. The third-order valence-corrected chi connectivity index (χ3v) is 3.95. The van der Waals surface area contributed by atoms with Crippen LogP contribution in [0, 0.1) is 12.3 Å². The van der Waals surface area contributed by atoms with Crippen molar-refractivity contribution < 1.29 is 0 Å². The standard InChI is InChI=1S/C16H19N3S/c1-3-11-19-15(17)14(10-12-20-4-2)18-16(19)13-8-6-5-7-9-13/h1,5-9H,4,10-12,17H2,2H3. The van der Waals surface area contributed by atoms with Gasteiger partial charge in [0.1, 0.15) is 11.6 Å². The lowest BCUT2D eigenvalue weighted by molar-refractivity contribution is 0.861. The summed E-state index contributed by atoms with van der Waals surface area (Å²) in [6, 6.07) is 10.0.